The molecule has 0 aliphatic rings. The molecule has 0 saturated carbocycles. The van der Waals surface area contributed by atoms with Crippen LogP contribution in [0.2, 0.25) is 0 Å². The fraction of sp³-hybridized carbons (Fsp3) is 0.500. The van der Waals surface area contributed by atoms with Gasteiger partial charge in [0.2, 0.25) is 0 Å². The molecule has 0 heterocycles. The molecule has 0 fully saturated rings. The van der Waals surface area contributed by atoms with Crippen LogP contribution >= 0.6 is 0 Å². The van der Waals surface area contributed by atoms with Crippen molar-refractivity contribution in [3.05, 3.63) is 28.8 Å². The summed E-state index contributed by atoms with van der Waals surface area (Å²) in [4.78, 5) is 22.9. The number of methoxy groups -OCH3 is 1. The van der Waals surface area contributed by atoms with E-state index in [4.69, 9.17) is 0 Å². The highest BCUT2D eigenvalue weighted by Crippen LogP contribution is 2.62. The molecule has 1 aromatic carbocycles. The molecule has 0 bridgehead atoms. The molecule has 0 atom stereocenters. The van der Waals surface area contributed by atoms with E-state index in [1.807, 2.05) is 0 Å². The maximum atomic E-state index is 14.4. The highest BCUT2D eigenvalue weighted by atomic mass is 19.4. The lowest BCUT2D eigenvalue weighted by molar-refractivity contribution is -0.441. The average molecular weight is 512 g/mol. The van der Waals surface area contributed by atoms with E-state index in [1.165, 1.54) is 0 Å². The number of phenolic OH excluding ortho intramolecular Hbond substituents is 1. The third kappa shape index (κ3) is 3.94. The minimum atomic E-state index is -8.15. The Morgan fingerprint density at radius 1 is 0.758 bits per heavy atom. The lowest BCUT2D eigenvalue weighted by Crippen LogP contribution is -2.69. The zero-order valence-corrected chi connectivity index (χ0v) is 15.7. The van der Waals surface area contributed by atoms with Gasteiger partial charge < -0.3 is 9.84 Å². The molecule has 0 spiro atoms. The topological polar surface area (TPSA) is 63.6 Å². The van der Waals surface area contributed by atoms with Crippen molar-refractivity contribution in [2.75, 3.05) is 7.11 Å². The van der Waals surface area contributed by atoms with Gasteiger partial charge in [-0.15, -0.1) is 0 Å². The summed E-state index contributed by atoms with van der Waals surface area (Å²) < 4.78 is 177. The van der Waals surface area contributed by atoms with Crippen LogP contribution in [-0.4, -0.2) is 53.8 Å². The molecular formula is C16H9F13O4. The number of esters is 1. The molecule has 1 aromatic rings. The van der Waals surface area contributed by atoms with Gasteiger partial charge in [0.15, 0.2) is 5.78 Å². The molecule has 0 aliphatic carbocycles. The SMILES string of the molecule is COC(=O)c1cc(C(C)=O)cc(C(F)(F)C(F)(F)C(F)(F)C(F)(F)C(F)(F)C(F)(F)F)c1O. The second kappa shape index (κ2) is 7.93. The van der Waals surface area contributed by atoms with Gasteiger partial charge in [-0.1, -0.05) is 0 Å². The molecule has 0 radical (unpaired) electrons. The fourth-order valence-corrected chi connectivity index (χ4v) is 2.28. The molecule has 0 aliphatic heterocycles. The van der Waals surface area contributed by atoms with Crippen LogP contribution in [0, 0.1) is 0 Å². The van der Waals surface area contributed by atoms with Crippen LogP contribution in [0.5, 0.6) is 5.75 Å². The van der Waals surface area contributed by atoms with Crippen molar-refractivity contribution in [1.82, 2.24) is 0 Å². The highest BCUT2D eigenvalue weighted by molar-refractivity contribution is 6.00. The van der Waals surface area contributed by atoms with Crippen molar-refractivity contribution in [2.24, 2.45) is 0 Å². The number of Topliss-reactive ketones (excluding diaryl/α,β-unsaturated/α-hetero) is 1. The van der Waals surface area contributed by atoms with Gasteiger partial charge in [-0.25, -0.2) is 4.79 Å². The molecule has 1 N–H and O–H groups in total. The number of ketones is 1. The van der Waals surface area contributed by atoms with Crippen molar-refractivity contribution < 1.29 is 76.5 Å². The van der Waals surface area contributed by atoms with Crippen LogP contribution in [0.1, 0.15) is 33.2 Å². The minimum Gasteiger partial charge on any atom is -0.507 e. The molecule has 0 saturated heterocycles. The number of rotatable bonds is 7. The third-order valence-corrected chi connectivity index (χ3v) is 4.19. The lowest BCUT2D eigenvalue weighted by atomic mass is 9.88. The molecule has 188 valence electrons. The van der Waals surface area contributed by atoms with Crippen LogP contribution in [-0.2, 0) is 10.7 Å². The normalized spacial score (nSPS) is 14.3. The predicted octanol–water partition coefficient (Wildman–Crippen LogP) is 5.58. The summed E-state index contributed by atoms with van der Waals surface area (Å²) in [5, 5.41) is 9.67. The summed E-state index contributed by atoms with van der Waals surface area (Å²) in [5.41, 5.74) is -5.58. The number of phenols is 1. The lowest BCUT2D eigenvalue weighted by Gasteiger charge is -2.40. The van der Waals surface area contributed by atoms with E-state index in [0.717, 1.165) is 0 Å². The molecule has 1 rings (SSSR count). The highest BCUT2D eigenvalue weighted by Gasteiger charge is 2.91. The summed E-state index contributed by atoms with van der Waals surface area (Å²) in [7, 11) is 0.530. The van der Waals surface area contributed by atoms with Crippen molar-refractivity contribution in [2.45, 2.75) is 42.7 Å². The fourth-order valence-electron chi connectivity index (χ4n) is 2.28. The van der Waals surface area contributed by atoms with E-state index in [9.17, 15) is 71.8 Å². The zero-order chi connectivity index (χ0) is 26.6. The number of carbonyl (C=O) groups is 2. The van der Waals surface area contributed by atoms with Gasteiger partial charge in [0.1, 0.15) is 11.3 Å². The van der Waals surface area contributed by atoms with Gasteiger partial charge in [-0.05, 0) is 19.1 Å². The summed E-state index contributed by atoms with van der Waals surface area (Å²) in [6.45, 7) is 0.542. The first-order valence-electron chi connectivity index (χ1n) is 7.86. The van der Waals surface area contributed by atoms with Crippen molar-refractivity contribution in [3.8, 4) is 5.75 Å². The first-order valence-corrected chi connectivity index (χ1v) is 7.86. The van der Waals surface area contributed by atoms with Crippen LogP contribution in [0.3, 0.4) is 0 Å². The number of aromatic hydroxyl groups is 1. The van der Waals surface area contributed by atoms with Gasteiger partial charge in [0.25, 0.3) is 0 Å². The summed E-state index contributed by atoms with van der Waals surface area (Å²) in [5.74, 6) is -44.3. The Labute approximate surface area is 173 Å². The number of hydrogen-bond acceptors (Lipinski definition) is 4. The van der Waals surface area contributed by atoms with E-state index < -0.39 is 76.0 Å². The van der Waals surface area contributed by atoms with Crippen LogP contribution in [0.25, 0.3) is 0 Å². The zero-order valence-electron chi connectivity index (χ0n) is 15.7. The van der Waals surface area contributed by atoms with Gasteiger partial charge in [-0.2, -0.15) is 57.1 Å². The number of ether oxygens (including phenoxy) is 1. The molecule has 4 nitrogen and oxygen atoms in total. The Hall–Kier alpha value is -2.75. The quantitative estimate of drug-likeness (QED) is 0.295. The number of carbonyl (C=O) groups excluding carboxylic acids is 2. The number of hydrogen-bond donors (Lipinski definition) is 1. The van der Waals surface area contributed by atoms with E-state index in [0.29, 0.717) is 14.0 Å². The van der Waals surface area contributed by atoms with Gasteiger partial charge in [0, 0.05) is 5.56 Å². The van der Waals surface area contributed by atoms with E-state index in [-0.39, 0.29) is 6.07 Å². The van der Waals surface area contributed by atoms with E-state index in [2.05, 4.69) is 4.74 Å². The Morgan fingerprint density at radius 3 is 1.55 bits per heavy atom. The van der Waals surface area contributed by atoms with Crippen molar-refractivity contribution >= 4 is 11.8 Å². The Balaban J connectivity index is 3.92. The van der Waals surface area contributed by atoms with E-state index >= 15 is 0 Å². The largest absolute Gasteiger partial charge is 0.507 e. The first kappa shape index (κ1) is 28.3. The molecule has 0 unspecified atom stereocenters. The van der Waals surface area contributed by atoms with Crippen molar-refractivity contribution in [1.29, 1.82) is 0 Å². The Bertz CT molecular complexity index is 950. The number of benzene rings is 1. The second-order valence-electron chi connectivity index (χ2n) is 6.34. The van der Waals surface area contributed by atoms with E-state index in [1.54, 1.807) is 0 Å². The summed E-state index contributed by atoms with van der Waals surface area (Å²) in [6.07, 6.45) is -7.58. The Kier molecular flexibility index (Phi) is 6.80. The van der Waals surface area contributed by atoms with Crippen LogP contribution < -0.4 is 0 Å². The summed E-state index contributed by atoms with van der Waals surface area (Å²) in [6, 6.07) is -0.236. The second-order valence-corrected chi connectivity index (χ2v) is 6.34. The standard InChI is InChI=1S/C16H9F13O4/c1-5(30)6-3-7(10(32)33-2)9(31)8(4-6)11(17,18)12(19,20)13(21,22)14(23,24)15(25,26)16(27,28)29/h3-4,31H,1-2H3. The maximum absolute atomic E-state index is 14.4. The van der Waals surface area contributed by atoms with Crippen LogP contribution in [0.15, 0.2) is 12.1 Å². The summed E-state index contributed by atoms with van der Waals surface area (Å²) >= 11 is 0. The first-order chi connectivity index (χ1) is 14.4. The molecular weight excluding hydrogens is 503 g/mol. The van der Waals surface area contributed by atoms with Gasteiger partial charge in [-0.3, -0.25) is 4.79 Å². The minimum absolute atomic E-state index is 0.242. The average Bonchev–Trinajstić information content (AvgIpc) is 2.65. The third-order valence-electron chi connectivity index (χ3n) is 4.19. The van der Waals surface area contributed by atoms with Crippen molar-refractivity contribution in [3.63, 3.8) is 0 Å². The number of alkyl halides is 13. The predicted molar refractivity (Wildman–Crippen MR) is 79.2 cm³/mol. The Morgan fingerprint density at radius 2 is 1.18 bits per heavy atom. The van der Waals surface area contributed by atoms with Gasteiger partial charge >= 0.3 is 41.8 Å². The molecule has 17 heteroatoms. The molecule has 0 amide bonds. The van der Waals surface area contributed by atoms with Gasteiger partial charge in [0.05, 0.1) is 12.7 Å². The maximum Gasteiger partial charge on any atom is 0.460 e. The monoisotopic (exact) mass is 512 g/mol. The van der Waals surface area contributed by atoms with Crippen LogP contribution in [0.4, 0.5) is 57.1 Å². The smallest absolute Gasteiger partial charge is 0.460 e. The molecule has 0 aromatic heterocycles. The molecule has 33 heavy (non-hydrogen) atoms. The number of halogens is 13.